The third-order valence-electron chi connectivity index (χ3n) is 2.43. The first-order chi connectivity index (χ1) is 8.58. The van der Waals surface area contributed by atoms with Crippen LogP contribution < -0.4 is 5.32 Å². The highest BCUT2D eigenvalue weighted by Gasteiger charge is 2.08. The van der Waals surface area contributed by atoms with Crippen molar-refractivity contribution < 1.29 is 8.78 Å². The van der Waals surface area contributed by atoms with Gasteiger partial charge < -0.3 is 5.32 Å². The molecule has 18 heavy (non-hydrogen) atoms. The molecule has 1 N–H and O–H groups in total. The average Bonchev–Trinajstić information content (AvgIpc) is 2.35. The molecule has 0 heterocycles. The van der Waals surface area contributed by atoms with Crippen molar-refractivity contribution in [3.05, 3.63) is 62.5 Å². The standard InChI is InChI=1S/C13H9Br2F2N/c14-9-4-5-10(15)12(6-9)18-7-8-2-1-3-11(16)13(8)17/h1-6,18H,7H2. The topological polar surface area (TPSA) is 12.0 Å². The number of rotatable bonds is 3. The van der Waals surface area contributed by atoms with Crippen molar-refractivity contribution >= 4 is 37.5 Å². The van der Waals surface area contributed by atoms with E-state index in [-0.39, 0.29) is 6.54 Å². The Hall–Kier alpha value is -0.940. The van der Waals surface area contributed by atoms with Crippen LogP contribution in [-0.4, -0.2) is 0 Å². The van der Waals surface area contributed by atoms with Gasteiger partial charge in [-0.05, 0) is 40.2 Å². The quantitative estimate of drug-likeness (QED) is 0.785. The zero-order valence-corrected chi connectivity index (χ0v) is 12.4. The first-order valence-electron chi connectivity index (χ1n) is 5.20. The fraction of sp³-hybridized carbons (Fsp3) is 0.0769. The third-order valence-corrected chi connectivity index (χ3v) is 3.61. The van der Waals surface area contributed by atoms with Gasteiger partial charge in [0.15, 0.2) is 11.6 Å². The molecular formula is C13H9Br2F2N. The SMILES string of the molecule is Fc1cccc(CNc2cc(Br)ccc2Br)c1F. The van der Waals surface area contributed by atoms with E-state index in [9.17, 15) is 8.78 Å². The van der Waals surface area contributed by atoms with Gasteiger partial charge in [-0.2, -0.15) is 0 Å². The second-order valence-corrected chi connectivity index (χ2v) is 5.46. The van der Waals surface area contributed by atoms with Gasteiger partial charge in [0.05, 0.1) is 0 Å². The lowest BCUT2D eigenvalue weighted by Crippen LogP contribution is -2.03. The summed E-state index contributed by atoms with van der Waals surface area (Å²) < 4.78 is 28.3. The Kier molecular flexibility index (Phi) is 4.35. The highest BCUT2D eigenvalue weighted by molar-refractivity contribution is 9.11. The maximum Gasteiger partial charge on any atom is 0.163 e. The van der Waals surface area contributed by atoms with Crippen LogP contribution in [0, 0.1) is 11.6 Å². The largest absolute Gasteiger partial charge is 0.380 e. The third kappa shape index (κ3) is 3.09. The number of benzene rings is 2. The van der Waals surface area contributed by atoms with E-state index in [2.05, 4.69) is 37.2 Å². The predicted octanol–water partition coefficient (Wildman–Crippen LogP) is 5.10. The summed E-state index contributed by atoms with van der Waals surface area (Å²) in [5.74, 6) is -1.64. The highest BCUT2D eigenvalue weighted by atomic mass is 79.9. The van der Waals surface area contributed by atoms with Crippen molar-refractivity contribution in [2.24, 2.45) is 0 Å². The maximum absolute atomic E-state index is 13.4. The molecule has 0 aromatic heterocycles. The summed E-state index contributed by atoms with van der Waals surface area (Å²) in [6.45, 7) is 0.221. The number of hydrogen-bond donors (Lipinski definition) is 1. The summed E-state index contributed by atoms with van der Waals surface area (Å²) in [6.07, 6.45) is 0. The van der Waals surface area contributed by atoms with Crippen LogP contribution in [0.25, 0.3) is 0 Å². The van der Waals surface area contributed by atoms with E-state index >= 15 is 0 Å². The molecule has 0 spiro atoms. The van der Waals surface area contributed by atoms with E-state index in [0.717, 1.165) is 20.7 Å². The van der Waals surface area contributed by atoms with Crippen LogP contribution in [0.3, 0.4) is 0 Å². The minimum Gasteiger partial charge on any atom is -0.380 e. The van der Waals surface area contributed by atoms with Crippen LogP contribution >= 0.6 is 31.9 Å². The number of hydrogen-bond acceptors (Lipinski definition) is 1. The predicted molar refractivity (Wildman–Crippen MR) is 75.5 cm³/mol. The first kappa shape index (κ1) is 13.5. The molecule has 2 aromatic rings. The zero-order chi connectivity index (χ0) is 13.1. The van der Waals surface area contributed by atoms with E-state index in [1.165, 1.54) is 6.07 Å². The minimum atomic E-state index is -0.831. The molecule has 0 aliphatic rings. The Morgan fingerprint density at radius 2 is 1.83 bits per heavy atom. The number of halogens is 4. The van der Waals surface area contributed by atoms with Crippen LogP contribution in [-0.2, 0) is 6.54 Å². The van der Waals surface area contributed by atoms with E-state index in [4.69, 9.17) is 0 Å². The van der Waals surface area contributed by atoms with Gasteiger partial charge in [0.25, 0.3) is 0 Å². The number of anilines is 1. The van der Waals surface area contributed by atoms with Gasteiger partial charge in [-0.3, -0.25) is 0 Å². The van der Waals surface area contributed by atoms with Crippen molar-refractivity contribution in [3.63, 3.8) is 0 Å². The van der Waals surface area contributed by atoms with Gasteiger partial charge in [0.2, 0.25) is 0 Å². The molecule has 0 saturated carbocycles. The molecule has 0 atom stereocenters. The second kappa shape index (κ2) is 5.80. The Bertz CT molecular complexity index is 571. The fourth-order valence-electron chi connectivity index (χ4n) is 1.51. The fourth-order valence-corrected chi connectivity index (χ4v) is 2.26. The van der Waals surface area contributed by atoms with Crippen molar-refractivity contribution in [2.75, 3.05) is 5.32 Å². The van der Waals surface area contributed by atoms with Crippen LogP contribution in [0.15, 0.2) is 45.3 Å². The van der Waals surface area contributed by atoms with Gasteiger partial charge in [0, 0.05) is 26.7 Å². The van der Waals surface area contributed by atoms with E-state index in [1.807, 2.05) is 18.2 Å². The Labute approximate surface area is 120 Å². The second-order valence-electron chi connectivity index (χ2n) is 3.69. The molecule has 0 bridgehead atoms. The van der Waals surface area contributed by atoms with Crippen LogP contribution in [0.1, 0.15) is 5.56 Å². The molecule has 0 unspecified atom stereocenters. The van der Waals surface area contributed by atoms with E-state index in [0.29, 0.717) is 5.56 Å². The van der Waals surface area contributed by atoms with Gasteiger partial charge in [0.1, 0.15) is 0 Å². The van der Waals surface area contributed by atoms with Crippen molar-refractivity contribution in [2.45, 2.75) is 6.54 Å². The highest BCUT2D eigenvalue weighted by Crippen LogP contribution is 2.26. The van der Waals surface area contributed by atoms with Gasteiger partial charge in [-0.25, -0.2) is 8.78 Å². The molecule has 1 nitrogen and oxygen atoms in total. The van der Waals surface area contributed by atoms with Gasteiger partial charge >= 0.3 is 0 Å². The zero-order valence-electron chi connectivity index (χ0n) is 9.18. The molecule has 0 saturated heterocycles. The summed E-state index contributed by atoms with van der Waals surface area (Å²) in [5, 5.41) is 3.05. The Morgan fingerprint density at radius 1 is 1.06 bits per heavy atom. The summed E-state index contributed by atoms with van der Waals surface area (Å²) in [4.78, 5) is 0. The molecule has 2 rings (SSSR count). The molecule has 2 aromatic carbocycles. The number of nitrogens with one attached hydrogen (secondary N) is 1. The van der Waals surface area contributed by atoms with Crippen LogP contribution in [0.2, 0.25) is 0 Å². The maximum atomic E-state index is 13.4. The van der Waals surface area contributed by atoms with E-state index < -0.39 is 11.6 Å². The molecule has 0 aliphatic carbocycles. The lowest BCUT2D eigenvalue weighted by molar-refractivity contribution is 0.500. The molecule has 0 radical (unpaired) electrons. The summed E-state index contributed by atoms with van der Waals surface area (Å²) in [5.41, 5.74) is 1.11. The summed E-state index contributed by atoms with van der Waals surface area (Å²) in [6, 6.07) is 9.77. The minimum absolute atomic E-state index is 0.221. The normalized spacial score (nSPS) is 10.4. The van der Waals surface area contributed by atoms with Gasteiger partial charge in [-0.1, -0.05) is 28.1 Å². The lowest BCUT2D eigenvalue weighted by atomic mass is 10.2. The van der Waals surface area contributed by atoms with Crippen molar-refractivity contribution in [1.29, 1.82) is 0 Å². The van der Waals surface area contributed by atoms with Crippen molar-refractivity contribution in [3.8, 4) is 0 Å². The monoisotopic (exact) mass is 375 g/mol. The average molecular weight is 377 g/mol. The molecule has 0 aliphatic heterocycles. The van der Waals surface area contributed by atoms with E-state index in [1.54, 1.807) is 6.07 Å². The summed E-state index contributed by atoms with van der Waals surface area (Å²) in [7, 11) is 0. The molecule has 94 valence electrons. The smallest absolute Gasteiger partial charge is 0.163 e. The Morgan fingerprint density at radius 3 is 2.61 bits per heavy atom. The molecule has 0 fully saturated rings. The Balaban J connectivity index is 2.16. The van der Waals surface area contributed by atoms with Crippen molar-refractivity contribution in [1.82, 2.24) is 0 Å². The molecule has 0 amide bonds. The first-order valence-corrected chi connectivity index (χ1v) is 6.78. The van der Waals surface area contributed by atoms with Crippen LogP contribution in [0.5, 0.6) is 0 Å². The lowest BCUT2D eigenvalue weighted by Gasteiger charge is -2.10. The van der Waals surface area contributed by atoms with Crippen LogP contribution in [0.4, 0.5) is 14.5 Å². The summed E-state index contributed by atoms with van der Waals surface area (Å²) >= 11 is 6.74. The molecule has 5 heteroatoms. The molecular weight excluding hydrogens is 368 g/mol. The van der Waals surface area contributed by atoms with Gasteiger partial charge in [-0.15, -0.1) is 0 Å².